The number of aromatic nitrogens is 2. The van der Waals surface area contributed by atoms with Gasteiger partial charge in [0, 0.05) is 25.8 Å². The summed E-state index contributed by atoms with van der Waals surface area (Å²) in [6.07, 6.45) is 1.31. The van der Waals surface area contributed by atoms with Gasteiger partial charge in [0.05, 0.1) is 5.69 Å². The van der Waals surface area contributed by atoms with Crippen LogP contribution in [0.1, 0.15) is 38.6 Å². The second-order valence-electron chi connectivity index (χ2n) is 4.36. The first-order chi connectivity index (χ1) is 6.99. The van der Waals surface area contributed by atoms with Gasteiger partial charge >= 0.3 is 0 Å². The Morgan fingerprint density at radius 2 is 1.80 bits per heavy atom. The first-order valence-electron chi connectivity index (χ1n) is 4.88. The van der Waals surface area contributed by atoms with Gasteiger partial charge in [0.25, 0.3) is 0 Å². The number of rotatable bonds is 3. The van der Waals surface area contributed by atoms with E-state index in [2.05, 4.69) is 30.7 Å². The molecule has 0 unspecified atom stereocenters. The molecular weight excluding hydrogens is 192 g/mol. The third-order valence-corrected chi connectivity index (χ3v) is 2.02. The van der Waals surface area contributed by atoms with Crippen LogP contribution in [0.2, 0.25) is 0 Å². The van der Waals surface area contributed by atoms with Crippen molar-refractivity contribution in [2.24, 2.45) is 0 Å². The van der Waals surface area contributed by atoms with E-state index in [0.29, 0.717) is 0 Å². The van der Waals surface area contributed by atoms with Gasteiger partial charge in [0.1, 0.15) is 5.82 Å². The second-order valence-corrected chi connectivity index (χ2v) is 4.36. The van der Waals surface area contributed by atoms with Crippen LogP contribution in [0.4, 0.5) is 0 Å². The highest BCUT2D eigenvalue weighted by Gasteiger charge is 2.19. The van der Waals surface area contributed by atoms with Crippen LogP contribution in [0.15, 0.2) is 12.3 Å². The van der Waals surface area contributed by atoms with E-state index in [1.54, 1.807) is 26.5 Å². The van der Waals surface area contributed by atoms with Gasteiger partial charge in [-0.1, -0.05) is 20.8 Å². The number of nitrogens with zero attached hydrogens (tertiary/aromatic N) is 2. The highest BCUT2D eigenvalue weighted by molar-refractivity contribution is 5.09. The zero-order valence-corrected chi connectivity index (χ0v) is 9.94. The molecule has 0 amide bonds. The predicted molar refractivity (Wildman–Crippen MR) is 57.5 cm³/mol. The maximum Gasteiger partial charge on any atom is 0.200 e. The zero-order chi connectivity index (χ0) is 11.5. The van der Waals surface area contributed by atoms with E-state index in [-0.39, 0.29) is 5.41 Å². The SMILES string of the molecule is COC(OC)c1ccnc(C(C)(C)C)n1. The molecule has 0 N–H and O–H groups in total. The van der Waals surface area contributed by atoms with Gasteiger partial charge < -0.3 is 9.47 Å². The highest BCUT2D eigenvalue weighted by Crippen LogP contribution is 2.20. The van der Waals surface area contributed by atoms with Gasteiger partial charge in [0.15, 0.2) is 0 Å². The molecule has 0 spiro atoms. The molecule has 0 aromatic carbocycles. The van der Waals surface area contributed by atoms with Crippen LogP contribution in [-0.4, -0.2) is 24.2 Å². The van der Waals surface area contributed by atoms with E-state index in [9.17, 15) is 0 Å². The minimum atomic E-state index is -0.422. The Morgan fingerprint density at radius 1 is 1.20 bits per heavy atom. The first-order valence-corrected chi connectivity index (χ1v) is 4.88. The van der Waals surface area contributed by atoms with Crippen LogP contribution < -0.4 is 0 Å². The molecule has 4 nitrogen and oxygen atoms in total. The fraction of sp³-hybridized carbons (Fsp3) is 0.636. The van der Waals surface area contributed by atoms with Gasteiger partial charge in [0.2, 0.25) is 6.29 Å². The van der Waals surface area contributed by atoms with E-state index in [0.717, 1.165) is 11.5 Å². The summed E-state index contributed by atoms with van der Waals surface area (Å²) in [4.78, 5) is 8.66. The van der Waals surface area contributed by atoms with E-state index in [1.807, 2.05) is 0 Å². The third-order valence-electron chi connectivity index (χ3n) is 2.02. The Balaban J connectivity index is 3.02. The average molecular weight is 210 g/mol. The lowest BCUT2D eigenvalue weighted by atomic mass is 9.95. The normalized spacial score (nSPS) is 12.1. The molecule has 1 rings (SSSR count). The molecule has 15 heavy (non-hydrogen) atoms. The largest absolute Gasteiger partial charge is 0.350 e. The van der Waals surface area contributed by atoms with Crippen LogP contribution in [0.25, 0.3) is 0 Å². The third kappa shape index (κ3) is 2.97. The lowest BCUT2D eigenvalue weighted by molar-refractivity contribution is -0.108. The van der Waals surface area contributed by atoms with Gasteiger partial charge in [-0.15, -0.1) is 0 Å². The Kier molecular flexibility index (Phi) is 3.77. The molecule has 1 aromatic rings. The minimum absolute atomic E-state index is 0.0674. The first kappa shape index (κ1) is 12.1. The lowest BCUT2D eigenvalue weighted by Gasteiger charge is -2.19. The summed E-state index contributed by atoms with van der Waals surface area (Å²) in [7, 11) is 3.18. The molecule has 0 radical (unpaired) electrons. The van der Waals surface area contributed by atoms with Crippen molar-refractivity contribution in [2.75, 3.05) is 14.2 Å². The maximum absolute atomic E-state index is 5.14. The minimum Gasteiger partial charge on any atom is -0.350 e. The van der Waals surface area contributed by atoms with Crippen molar-refractivity contribution in [3.8, 4) is 0 Å². The van der Waals surface area contributed by atoms with Crippen molar-refractivity contribution < 1.29 is 9.47 Å². The summed E-state index contributed by atoms with van der Waals surface area (Å²) in [5.74, 6) is 0.791. The summed E-state index contributed by atoms with van der Waals surface area (Å²) in [5, 5.41) is 0. The molecule has 0 aliphatic heterocycles. The molecule has 84 valence electrons. The summed E-state index contributed by atoms with van der Waals surface area (Å²) < 4.78 is 10.3. The van der Waals surface area contributed by atoms with Crippen LogP contribution in [0, 0.1) is 0 Å². The Bertz CT molecular complexity index is 317. The maximum atomic E-state index is 5.14. The van der Waals surface area contributed by atoms with Crippen molar-refractivity contribution in [1.82, 2.24) is 9.97 Å². The number of hydrogen-bond acceptors (Lipinski definition) is 4. The van der Waals surface area contributed by atoms with Gasteiger partial charge in [-0.25, -0.2) is 9.97 Å². The molecule has 0 saturated carbocycles. The van der Waals surface area contributed by atoms with Gasteiger partial charge in [-0.2, -0.15) is 0 Å². The molecule has 0 saturated heterocycles. The van der Waals surface area contributed by atoms with Crippen LogP contribution in [-0.2, 0) is 14.9 Å². The predicted octanol–water partition coefficient (Wildman–Crippen LogP) is 2.07. The monoisotopic (exact) mass is 210 g/mol. The summed E-state index contributed by atoms with van der Waals surface area (Å²) in [5.41, 5.74) is 0.683. The van der Waals surface area contributed by atoms with Crippen molar-refractivity contribution in [3.63, 3.8) is 0 Å². The molecule has 0 bridgehead atoms. The van der Waals surface area contributed by atoms with Crippen LogP contribution >= 0.6 is 0 Å². The standard InChI is InChI=1S/C11H18N2O2/c1-11(2,3)10-12-7-6-8(13-10)9(14-4)15-5/h6-7,9H,1-5H3. The van der Waals surface area contributed by atoms with E-state index in [1.165, 1.54) is 0 Å². The topological polar surface area (TPSA) is 44.2 Å². The highest BCUT2D eigenvalue weighted by atomic mass is 16.7. The van der Waals surface area contributed by atoms with Crippen LogP contribution in [0.5, 0.6) is 0 Å². The summed E-state index contributed by atoms with van der Waals surface area (Å²) >= 11 is 0. The Hall–Kier alpha value is -1.00. The van der Waals surface area contributed by atoms with Crippen LogP contribution in [0.3, 0.4) is 0 Å². The molecule has 1 heterocycles. The Labute approximate surface area is 90.7 Å². The molecule has 0 aliphatic rings. The number of methoxy groups -OCH3 is 2. The van der Waals surface area contributed by atoms with E-state index < -0.39 is 6.29 Å². The van der Waals surface area contributed by atoms with Crippen molar-refractivity contribution in [2.45, 2.75) is 32.5 Å². The fourth-order valence-electron chi connectivity index (χ4n) is 1.20. The van der Waals surface area contributed by atoms with E-state index >= 15 is 0 Å². The summed E-state index contributed by atoms with van der Waals surface area (Å²) in [6.45, 7) is 6.21. The van der Waals surface area contributed by atoms with Crippen molar-refractivity contribution in [3.05, 3.63) is 23.8 Å². The molecule has 1 aromatic heterocycles. The molecule has 0 atom stereocenters. The average Bonchev–Trinajstić information content (AvgIpc) is 2.19. The number of hydrogen-bond donors (Lipinski definition) is 0. The van der Waals surface area contributed by atoms with Gasteiger partial charge in [-0.3, -0.25) is 0 Å². The molecular formula is C11H18N2O2. The van der Waals surface area contributed by atoms with Gasteiger partial charge in [-0.05, 0) is 6.07 Å². The fourth-order valence-corrected chi connectivity index (χ4v) is 1.20. The smallest absolute Gasteiger partial charge is 0.200 e. The lowest BCUT2D eigenvalue weighted by Crippen LogP contribution is -2.18. The second kappa shape index (κ2) is 4.68. The number of ether oxygens (including phenoxy) is 2. The van der Waals surface area contributed by atoms with Crippen molar-refractivity contribution >= 4 is 0 Å². The Morgan fingerprint density at radius 3 is 2.27 bits per heavy atom. The zero-order valence-electron chi connectivity index (χ0n) is 9.94. The quantitative estimate of drug-likeness (QED) is 0.716. The molecule has 4 heteroatoms. The summed E-state index contributed by atoms with van der Waals surface area (Å²) in [6, 6.07) is 1.80. The molecule has 0 aliphatic carbocycles. The molecule has 0 fully saturated rings. The van der Waals surface area contributed by atoms with Crippen molar-refractivity contribution in [1.29, 1.82) is 0 Å². The van der Waals surface area contributed by atoms with E-state index in [4.69, 9.17) is 9.47 Å².